The highest BCUT2D eigenvalue weighted by atomic mass is 16.6. The van der Waals surface area contributed by atoms with Crippen molar-refractivity contribution in [1.29, 1.82) is 0 Å². The van der Waals surface area contributed by atoms with Gasteiger partial charge in [0.1, 0.15) is 30.1 Å². The van der Waals surface area contributed by atoms with Gasteiger partial charge in [-0.3, -0.25) is 19.2 Å². The number of Topliss-reactive ketones (excluding diaryl/α,β-unsaturated/α-hetero) is 3. The Morgan fingerprint density at radius 3 is 2.29 bits per heavy atom. The minimum Gasteiger partial charge on any atom is -0.460 e. The maximum absolute atomic E-state index is 14.5. The molecule has 0 aromatic rings. The zero-order valence-electron chi connectivity index (χ0n) is 40.5. The smallest absolute Gasteiger partial charge is 0.329 e. The van der Waals surface area contributed by atoms with Crippen molar-refractivity contribution in [2.24, 2.45) is 41.4 Å². The van der Waals surface area contributed by atoms with Gasteiger partial charge >= 0.3 is 5.97 Å². The summed E-state index contributed by atoms with van der Waals surface area (Å²) in [6.45, 7) is 11.0. The number of nitrogens with one attached hydrogen (secondary N) is 1. The van der Waals surface area contributed by atoms with Crippen LogP contribution in [-0.4, -0.2) is 134 Å². The molecule has 4 fully saturated rings. The number of allylic oxidation sites excluding steroid dienone is 6. The van der Waals surface area contributed by atoms with E-state index in [1.807, 2.05) is 58.2 Å². The van der Waals surface area contributed by atoms with Crippen molar-refractivity contribution in [2.75, 3.05) is 34.9 Å². The monoisotopic (exact) mass is 911 g/mol. The number of likely N-dealkylation sites (N-methyl/N-ethyl adjacent to an activating group) is 1. The maximum atomic E-state index is 14.5. The fraction of sp³-hybridized carbons (Fsp3) is 0.745. The van der Waals surface area contributed by atoms with Gasteiger partial charge in [-0.05, 0) is 108 Å². The van der Waals surface area contributed by atoms with Gasteiger partial charge in [-0.15, -0.1) is 0 Å². The van der Waals surface area contributed by atoms with Gasteiger partial charge in [0.25, 0.3) is 11.7 Å². The number of rotatable bonds is 6. The average molecular weight is 911 g/mol. The summed E-state index contributed by atoms with van der Waals surface area (Å²) in [5.74, 6) is -8.00. The number of ether oxygens (including phenoxy) is 5. The van der Waals surface area contributed by atoms with Crippen molar-refractivity contribution in [3.8, 4) is 0 Å². The summed E-state index contributed by atoms with van der Waals surface area (Å²) in [5.41, 5.74) is 1.31. The molecule has 5 aliphatic rings. The number of methoxy groups -OCH3 is 3. The second kappa shape index (κ2) is 23.6. The summed E-state index contributed by atoms with van der Waals surface area (Å²) in [5, 5.41) is 26.9. The van der Waals surface area contributed by atoms with Gasteiger partial charge in [0.05, 0.1) is 18.3 Å². The van der Waals surface area contributed by atoms with Crippen LogP contribution < -0.4 is 5.32 Å². The van der Waals surface area contributed by atoms with Gasteiger partial charge < -0.3 is 44.1 Å². The summed E-state index contributed by atoms with van der Waals surface area (Å²) in [4.78, 5) is 72.3. The molecular formula is C51H78N2O12. The number of nitrogens with zero attached hydrogens (tertiary/aromatic N) is 1. The normalized spacial score (nSPS) is 42.7. The molecule has 14 heteroatoms. The fourth-order valence-electron chi connectivity index (χ4n) is 11.3. The summed E-state index contributed by atoms with van der Waals surface area (Å²) in [6, 6.07) is -0.902. The number of amides is 1. The Morgan fingerprint density at radius 1 is 0.877 bits per heavy atom. The molecule has 65 heavy (non-hydrogen) atoms. The van der Waals surface area contributed by atoms with E-state index >= 15 is 0 Å². The molecule has 364 valence electrons. The first-order chi connectivity index (χ1) is 30.9. The molecule has 5 rings (SSSR count). The van der Waals surface area contributed by atoms with Crippen LogP contribution in [-0.2, 0) is 47.7 Å². The predicted octanol–water partition coefficient (Wildman–Crippen LogP) is 5.63. The standard InChI is InChI=1S/C51H78N2O12/c1-29-15-12-11-13-16-30(2)41(61-8)27-36-20-18-34(6)51(60,65-36)48(57)49(58)53-22-14-17-37-38(25-35-19-21-39(52-7)43(26-35)62-9)42(64-50(59)44(37)53)28-40(54)31(3)24-33(5)46(56)47(63-10)45(55)32(4)23-29/h11-13,15-16,24,29,31-32,34-39,41-44,46-47,52,56,60H,14,17-23,25-28H2,1-10H3/b13-11+,15-12+,30-16+,33-24+/t29-,31-,32?,34?,35?,36+,37?,38+,39?,41+,42+,43?,44?,46?,47+,51?/m1/s1. The molecule has 1 saturated carbocycles. The Kier molecular flexibility index (Phi) is 19.1. The van der Waals surface area contributed by atoms with Gasteiger partial charge in [0.15, 0.2) is 5.78 Å². The number of aliphatic hydroxyl groups excluding tert-OH is 1. The van der Waals surface area contributed by atoms with E-state index in [4.69, 9.17) is 23.7 Å². The average Bonchev–Trinajstić information content (AvgIpc) is 3.29. The van der Waals surface area contributed by atoms with E-state index in [9.17, 15) is 34.2 Å². The Hall–Kier alpha value is -3.37. The fourth-order valence-corrected chi connectivity index (χ4v) is 11.3. The van der Waals surface area contributed by atoms with Crippen molar-refractivity contribution in [3.63, 3.8) is 0 Å². The third-order valence-electron chi connectivity index (χ3n) is 15.3. The van der Waals surface area contributed by atoms with Crippen LogP contribution in [0.15, 0.2) is 47.6 Å². The molecule has 1 aliphatic carbocycles. The lowest BCUT2D eigenvalue weighted by atomic mass is 9.67. The number of esters is 1. The SMILES string of the molecule is CNC1CCC(C[C@H]2C3CCCN4C(=O)C(=O)C5(O)O[C@@H](CCC5C)C[C@H](OC)/C(C)=C/C=C/C=C/[C@@H](C)CC(C)C(=O)[C@H](OC)C(O)/C(C)=C/[C@@H](C)C(=O)C[C@@H]2OC(=O)C34)CC1OC. The number of piperidine rings is 1. The Labute approximate surface area is 386 Å². The Bertz CT molecular complexity index is 1810. The molecule has 3 N–H and O–H groups in total. The van der Waals surface area contributed by atoms with Crippen LogP contribution in [0.4, 0.5) is 0 Å². The van der Waals surface area contributed by atoms with Crippen molar-refractivity contribution < 1.29 is 57.9 Å². The number of hydrogen-bond acceptors (Lipinski definition) is 13. The largest absolute Gasteiger partial charge is 0.460 e. The van der Waals surface area contributed by atoms with Crippen molar-refractivity contribution in [3.05, 3.63) is 47.6 Å². The van der Waals surface area contributed by atoms with E-state index < -0.39 is 83.7 Å². The highest BCUT2D eigenvalue weighted by Gasteiger charge is 2.57. The summed E-state index contributed by atoms with van der Waals surface area (Å²) in [6.07, 6.45) is 12.9. The zero-order valence-corrected chi connectivity index (χ0v) is 40.5. The quantitative estimate of drug-likeness (QED) is 0.169. The third-order valence-corrected chi connectivity index (χ3v) is 15.3. The molecule has 4 bridgehead atoms. The van der Waals surface area contributed by atoms with Crippen LogP contribution in [0.2, 0.25) is 0 Å². The van der Waals surface area contributed by atoms with Gasteiger partial charge in [-0.25, -0.2) is 4.79 Å². The van der Waals surface area contributed by atoms with Crippen molar-refractivity contribution in [1.82, 2.24) is 10.2 Å². The first kappa shape index (κ1) is 52.6. The molecule has 16 atom stereocenters. The second-order valence-corrected chi connectivity index (χ2v) is 19.8. The number of carbonyl (C=O) groups is 5. The minimum atomic E-state index is -2.42. The molecule has 0 spiro atoms. The van der Waals surface area contributed by atoms with Crippen molar-refractivity contribution in [2.45, 2.75) is 167 Å². The van der Waals surface area contributed by atoms with Gasteiger partial charge in [0.2, 0.25) is 5.79 Å². The van der Waals surface area contributed by atoms with E-state index in [-0.39, 0.29) is 54.4 Å². The minimum absolute atomic E-state index is 0.0312. The van der Waals surface area contributed by atoms with Gasteiger partial charge in [-0.1, -0.05) is 64.2 Å². The number of carbonyl (C=O) groups excluding carboxylic acids is 5. The number of fused-ring (bicyclic) bond motifs is 4. The van der Waals surface area contributed by atoms with Crippen LogP contribution in [0.25, 0.3) is 0 Å². The molecule has 4 heterocycles. The van der Waals surface area contributed by atoms with Crippen LogP contribution in [0.3, 0.4) is 0 Å². The highest BCUT2D eigenvalue weighted by molar-refractivity contribution is 6.39. The topological polar surface area (TPSA) is 187 Å². The number of ketones is 3. The van der Waals surface area contributed by atoms with E-state index in [1.54, 1.807) is 41.1 Å². The number of aliphatic hydroxyl groups is 2. The number of hydrogen-bond donors (Lipinski definition) is 3. The van der Waals surface area contributed by atoms with E-state index in [0.717, 1.165) is 24.8 Å². The zero-order chi connectivity index (χ0) is 47.7. The van der Waals surface area contributed by atoms with Crippen LogP contribution in [0.1, 0.15) is 112 Å². The molecule has 1 amide bonds. The summed E-state index contributed by atoms with van der Waals surface area (Å²) >= 11 is 0. The molecule has 9 unspecified atom stereocenters. The lowest BCUT2D eigenvalue weighted by molar-refractivity contribution is -0.266. The first-order valence-electron chi connectivity index (χ1n) is 24.0. The molecule has 14 nitrogen and oxygen atoms in total. The third kappa shape index (κ3) is 12.4. The molecule has 0 aromatic carbocycles. The van der Waals surface area contributed by atoms with E-state index in [1.165, 1.54) is 12.0 Å². The molecule has 4 aliphatic heterocycles. The molecular weight excluding hydrogens is 833 g/mol. The Balaban J connectivity index is 1.51. The van der Waals surface area contributed by atoms with E-state index in [0.29, 0.717) is 50.5 Å². The molecule has 0 radical (unpaired) electrons. The highest BCUT2D eigenvalue weighted by Crippen LogP contribution is 2.45. The maximum Gasteiger partial charge on any atom is 0.329 e. The van der Waals surface area contributed by atoms with E-state index in [2.05, 4.69) is 5.32 Å². The summed E-state index contributed by atoms with van der Waals surface area (Å²) < 4.78 is 29.8. The van der Waals surface area contributed by atoms with Gasteiger partial charge in [-0.2, -0.15) is 0 Å². The van der Waals surface area contributed by atoms with Crippen LogP contribution in [0, 0.1) is 41.4 Å². The summed E-state index contributed by atoms with van der Waals surface area (Å²) in [7, 11) is 6.61. The second-order valence-electron chi connectivity index (χ2n) is 19.8. The van der Waals surface area contributed by atoms with Crippen LogP contribution in [0.5, 0.6) is 0 Å². The van der Waals surface area contributed by atoms with Gasteiger partial charge in [0, 0.05) is 70.4 Å². The van der Waals surface area contributed by atoms with Crippen LogP contribution >= 0.6 is 0 Å². The van der Waals surface area contributed by atoms with Crippen molar-refractivity contribution >= 4 is 29.2 Å². The Morgan fingerprint density at radius 2 is 1.62 bits per heavy atom. The lowest BCUT2D eigenvalue weighted by Gasteiger charge is -2.50. The molecule has 0 aromatic heterocycles. The predicted molar refractivity (Wildman–Crippen MR) is 245 cm³/mol. The first-order valence-corrected chi connectivity index (χ1v) is 24.0. The molecule has 3 saturated heterocycles. The lowest BCUT2D eigenvalue weighted by Crippen LogP contribution is -2.65.